The van der Waals surface area contributed by atoms with Crippen LogP contribution in [0.4, 0.5) is 0 Å². The predicted molar refractivity (Wildman–Crippen MR) is 142 cm³/mol. The number of benzene rings is 2. The fourth-order valence-electron chi connectivity index (χ4n) is 3.95. The molecule has 158 valence electrons. The van der Waals surface area contributed by atoms with E-state index in [1.807, 2.05) is 23.1 Å². The Kier molecular flexibility index (Phi) is 5.98. The lowest BCUT2D eigenvalue weighted by atomic mass is 9.81. The first kappa shape index (κ1) is 22.0. The van der Waals surface area contributed by atoms with E-state index < -0.39 is 0 Å². The van der Waals surface area contributed by atoms with Gasteiger partial charge >= 0.3 is 0 Å². The largest absolute Gasteiger partial charge is 0.239 e. The summed E-state index contributed by atoms with van der Waals surface area (Å²) < 4.78 is 1.35. The molecule has 1 aromatic heterocycles. The number of allylic oxidation sites excluding steroid dienone is 4. The Hall–Kier alpha value is -2.16. The van der Waals surface area contributed by atoms with Gasteiger partial charge in [-0.25, -0.2) is 0 Å². The summed E-state index contributed by atoms with van der Waals surface area (Å²) in [6.45, 7) is 13.8. The molecule has 0 fully saturated rings. The molecule has 0 unspecified atom stereocenters. The maximum absolute atomic E-state index is 2.36. The zero-order chi connectivity index (χ0) is 22.2. The maximum Gasteiger partial charge on any atom is 0.239 e. The Morgan fingerprint density at radius 1 is 0.839 bits per heavy atom. The van der Waals surface area contributed by atoms with E-state index in [2.05, 4.69) is 120 Å². The van der Waals surface area contributed by atoms with Crippen molar-refractivity contribution in [2.75, 3.05) is 0 Å². The number of hydrogen-bond acceptors (Lipinski definition) is 1. The Morgan fingerprint density at radius 3 is 2.29 bits per heavy atom. The van der Waals surface area contributed by atoms with Crippen LogP contribution in [0, 0.1) is 5.41 Å². The normalized spacial score (nSPS) is 16.1. The molecule has 2 aromatic carbocycles. The quantitative estimate of drug-likeness (QED) is 0.355. The van der Waals surface area contributed by atoms with E-state index in [1.54, 1.807) is 0 Å². The van der Waals surface area contributed by atoms with Crippen molar-refractivity contribution in [1.82, 2.24) is 0 Å². The molecule has 0 saturated heterocycles. The van der Waals surface area contributed by atoms with Crippen molar-refractivity contribution in [3.63, 3.8) is 0 Å². The van der Waals surface area contributed by atoms with Crippen molar-refractivity contribution < 1.29 is 0 Å². The predicted octanol–water partition coefficient (Wildman–Crippen LogP) is 9.61. The number of hydrogen-bond donors (Lipinski definition) is 0. The third-order valence-corrected chi connectivity index (χ3v) is 7.65. The lowest BCUT2D eigenvalue weighted by molar-refractivity contribution is 0.565. The van der Waals surface area contributed by atoms with Gasteiger partial charge in [0.05, 0.1) is 0 Å². The Labute approximate surface area is 195 Å². The highest BCUT2D eigenvalue weighted by Crippen LogP contribution is 2.46. The lowest BCUT2D eigenvalue weighted by Crippen LogP contribution is -2.11. The second kappa shape index (κ2) is 8.41. The van der Waals surface area contributed by atoms with Gasteiger partial charge in [-0.05, 0) is 51.8 Å². The summed E-state index contributed by atoms with van der Waals surface area (Å²) in [5.41, 5.74) is 4.41. The molecular weight excluding hydrogens is 412 g/mol. The highest BCUT2D eigenvalue weighted by atomic mass is 32.2. The lowest BCUT2D eigenvalue weighted by Gasteiger charge is -2.28. The third-order valence-electron chi connectivity index (χ3n) is 5.52. The first-order valence-corrected chi connectivity index (χ1v) is 12.5. The molecule has 2 heterocycles. The minimum Gasteiger partial charge on any atom is -0.0895 e. The first-order valence-electron chi connectivity index (χ1n) is 10.9. The van der Waals surface area contributed by atoms with Gasteiger partial charge in [0.25, 0.3) is 0 Å². The molecule has 3 aromatic rings. The average Bonchev–Trinajstić information content (AvgIpc) is 2.71. The van der Waals surface area contributed by atoms with Crippen LogP contribution in [0.1, 0.15) is 57.5 Å². The van der Waals surface area contributed by atoms with Gasteiger partial charge in [-0.2, -0.15) is 0 Å². The summed E-state index contributed by atoms with van der Waals surface area (Å²) in [5, 5.41) is 1.37. The van der Waals surface area contributed by atoms with Crippen molar-refractivity contribution in [1.29, 1.82) is 0 Å². The van der Waals surface area contributed by atoms with E-state index in [4.69, 9.17) is 0 Å². The van der Waals surface area contributed by atoms with Crippen molar-refractivity contribution >= 4 is 44.8 Å². The molecule has 31 heavy (non-hydrogen) atoms. The van der Waals surface area contributed by atoms with Gasteiger partial charge in [0.1, 0.15) is 0 Å². The molecule has 0 bridgehead atoms. The monoisotopic (exact) mass is 443 g/mol. The van der Waals surface area contributed by atoms with Crippen molar-refractivity contribution in [3.05, 3.63) is 93.7 Å². The molecule has 0 spiro atoms. The minimum atomic E-state index is 0.113. The zero-order valence-electron chi connectivity index (χ0n) is 19.3. The van der Waals surface area contributed by atoms with Crippen LogP contribution in [0.3, 0.4) is 0 Å². The number of rotatable bonds is 2. The number of fused-ring (bicyclic) bond motifs is 2. The first-order chi connectivity index (χ1) is 14.6. The summed E-state index contributed by atoms with van der Waals surface area (Å²) >= 11 is 3.72. The molecular formula is C29H31S2+. The van der Waals surface area contributed by atoms with Gasteiger partial charge in [-0.15, -0.1) is 0 Å². The maximum atomic E-state index is 2.36. The van der Waals surface area contributed by atoms with Crippen molar-refractivity contribution in [2.45, 2.75) is 51.9 Å². The van der Waals surface area contributed by atoms with E-state index in [0.29, 0.717) is 0 Å². The van der Waals surface area contributed by atoms with Crippen LogP contribution >= 0.6 is 23.1 Å². The minimum absolute atomic E-state index is 0.113. The van der Waals surface area contributed by atoms with E-state index >= 15 is 0 Å². The van der Waals surface area contributed by atoms with Gasteiger partial charge in [0.2, 0.25) is 20.9 Å². The van der Waals surface area contributed by atoms with E-state index in [1.165, 1.54) is 41.5 Å². The van der Waals surface area contributed by atoms with Crippen LogP contribution in [-0.2, 0) is 5.41 Å². The summed E-state index contributed by atoms with van der Waals surface area (Å²) in [6, 6.07) is 19.9. The smallest absolute Gasteiger partial charge is 0.0895 e. The Morgan fingerprint density at radius 2 is 1.55 bits per heavy atom. The molecule has 0 N–H and O–H groups in total. The standard InChI is InChI=1S/C29H31S2/c1-28(2,3)24-18-20(30-26-16-9-7-14-22(24)26)12-11-13-21-19-25(29(4,5)6)23-15-8-10-17-27(23)31-21/h7-19H,1-6H3/q+1. The molecule has 0 saturated carbocycles. The summed E-state index contributed by atoms with van der Waals surface area (Å²) in [5.74, 6) is 0. The van der Waals surface area contributed by atoms with Crippen LogP contribution < -0.4 is 0 Å². The van der Waals surface area contributed by atoms with E-state index in [9.17, 15) is 0 Å². The second-order valence-electron chi connectivity index (χ2n) is 10.1. The van der Waals surface area contributed by atoms with Gasteiger partial charge in [-0.1, -0.05) is 89.7 Å². The number of thioether (sulfide) groups is 1. The fourth-order valence-corrected chi connectivity index (χ4v) is 5.98. The topological polar surface area (TPSA) is 0 Å². The van der Waals surface area contributed by atoms with E-state index in [-0.39, 0.29) is 10.8 Å². The fraction of sp³-hybridized carbons (Fsp3) is 0.276. The molecule has 1 aliphatic rings. The Bertz CT molecular complexity index is 1210. The SMILES string of the molecule is CC(C)(C)C1=C/C(=C/C=C\c2cc(C(C)(C)C)c3ccccc3[s+]2)Sc2ccccc21. The van der Waals surface area contributed by atoms with Gasteiger partial charge in [0.15, 0.2) is 0 Å². The van der Waals surface area contributed by atoms with Crippen LogP contribution in [0.25, 0.3) is 21.7 Å². The highest BCUT2D eigenvalue weighted by molar-refractivity contribution is 8.03. The summed E-state index contributed by atoms with van der Waals surface area (Å²) in [6.07, 6.45) is 9.08. The molecule has 0 radical (unpaired) electrons. The van der Waals surface area contributed by atoms with Crippen LogP contribution in [0.15, 0.2) is 82.6 Å². The zero-order valence-corrected chi connectivity index (χ0v) is 21.0. The average molecular weight is 444 g/mol. The Balaban J connectivity index is 1.71. The molecule has 2 heteroatoms. The van der Waals surface area contributed by atoms with E-state index in [0.717, 1.165) is 0 Å². The molecule has 1 aliphatic heterocycles. The van der Waals surface area contributed by atoms with Crippen LogP contribution in [0.2, 0.25) is 0 Å². The molecule has 0 amide bonds. The van der Waals surface area contributed by atoms with Crippen molar-refractivity contribution in [2.24, 2.45) is 5.41 Å². The van der Waals surface area contributed by atoms with Crippen molar-refractivity contribution in [3.8, 4) is 0 Å². The molecule has 0 atom stereocenters. The van der Waals surface area contributed by atoms with Gasteiger partial charge < -0.3 is 0 Å². The molecule has 0 aliphatic carbocycles. The van der Waals surface area contributed by atoms with Crippen LogP contribution in [-0.4, -0.2) is 0 Å². The van der Waals surface area contributed by atoms with Crippen LogP contribution in [0.5, 0.6) is 0 Å². The summed E-state index contributed by atoms with van der Waals surface area (Å²) in [7, 11) is 0. The second-order valence-corrected chi connectivity index (χ2v) is 12.4. The summed E-state index contributed by atoms with van der Waals surface area (Å²) in [4.78, 5) is 3.93. The molecule has 0 nitrogen and oxygen atoms in total. The van der Waals surface area contributed by atoms with Gasteiger partial charge in [-0.3, -0.25) is 0 Å². The molecule has 4 rings (SSSR count). The van der Waals surface area contributed by atoms with Gasteiger partial charge in [0, 0.05) is 33.4 Å². The highest BCUT2D eigenvalue weighted by Gasteiger charge is 2.25. The third kappa shape index (κ3) is 4.86.